The first-order valence-corrected chi connectivity index (χ1v) is 9.02. The number of nitrogens with zero attached hydrogens (tertiary/aromatic N) is 3. The van der Waals surface area contributed by atoms with Crippen LogP contribution in [0.5, 0.6) is 0 Å². The van der Waals surface area contributed by atoms with Crippen LogP contribution < -0.4 is 11.3 Å². The first-order valence-electron chi connectivity index (χ1n) is 8.65. The molecule has 0 spiro atoms. The van der Waals surface area contributed by atoms with Crippen molar-refractivity contribution in [1.29, 1.82) is 0 Å². The molecule has 1 aliphatic heterocycles. The lowest BCUT2D eigenvalue weighted by molar-refractivity contribution is -0.166. The van der Waals surface area contributed by atoms with Crippen LogP contribution in [-0.4, -0.2) is 62.3 Å². The number of aromatic amines is 1. The van der Waals surface area contributed by atoms with Gasteiger partial charge in [0.1, 0.15) is 12.7 Å². The van der Waals surface area contributed by atoms with Gasteiger partial charge in [-0.05, 0) is 11.6 Å². The summed E-state index contributed by atoms with van der Waals surface area (Å²) in [6.45, 7) is 3.19. The highest BCUT2D eigenvalue weighted by atomic mass is 35.5. The van der Waals surface area contributed by atoms with E-state index in [4.69, 9.17) is 36.3 Å². The number of nitrogens with two attached hydrogens (primary N) is 1. The van der Waals surface area contributed by atoms with E-state index in [-0.39, 0.29) is 29.0 Å². The molecule has 13 nitrogen and oxygen atoms in total. The number of H-pyrrole nitrogens is 1. The summed E-state index contributed by atoms with van der Waals surface area (Å²) in [5.74, 6) is -2.19. The predicted molar refractivity (Wildman–Crippen MR) is 99.2 cm³/mol. The van der Waals surface area contributed by atoms with Gasteiger partial charge in [-0.15, -0.1) is 0 Å². The molecule has 0 amide bonds. The van der Waals surface area contributed by atoms with Crippen LogP contribution in [0.3, 0.4) is 0 Å². The highest BCUT2D eigenvalue weighted by Gasteiger charge is 2.51. The number of nitrogens with one attached hydrogen (secondary N) is 1. The number of fused-ring (bicyclic) bond motifs is 1. The molecule has 3 N–H and O–H groups in total. The van der Waals surface area contributed by atoms with Crippen LogP contribution in [0.1, 0.15) is 27.0 Å². The largest absolute Gasteiger partial charge is 0.463 e. The number of ether oxygens (including phenoxy) is 4. The Labute approximate surface area is 173 Å². The van der Waals surface area contributed by atoms with Gasteiger partial charge in [0, 0.05) is 20.8 Å². The average Bonchev–Trinajstić information content (AvgIpc) is 3.10. The number of halogens is 1. The lowest BCUT2D eigenvalue weighted by Crippen LogP contribution is -2.40. The summed E-state index contributed by atoms with van der Waals surface area (Å²) in [5.41, 5.74) is 4.79. The molecule has 162 valence electrons. The van der Waals surface area contributed by atoms with E-state index in [9.17, 15) is 19.2 Å². The zero-order valence-electron chi connectivity index (χ0n) is 16.1. The lowest BCUT2D eigenvalue weighted by Gasteiger charge is -2.24. The average molecular weight is 444 g/mol. The Morgan fingerprint density at radius 2 is 1.77 bits per heavy atom. The molecule has 1 aliphatic rings. The Morgan fingerprint density at radius 1 is 1.13 bits per heavy atom. The first-order chi connectivity index (χ1) is 14.1. The molecule has 2 aromatic heterocycles. The van der Waals surface area contributed by atoms with Gasteiger partial charge in [-0.2, -0.15) is 4.98 Å². The summed E-state index contributed by atoms with van der Waals surface area (Å²) in [6, 6.07) is 0. The van der Waals surface area contributed by atoms with Crippen LogP contribution in [0.25, 0.3) is 11.2 Å². The van der Waals surface area contributed by atoms with E-state index in [2.05, 4.69) is 15.0 Å². The third-order valence-corrected chi connectivity index (χ3v) is 4.39. The van der Waals surface area contributed by atoms with Crippen LogP contribution in [0.15, 0.2) is 4.79 Å². The van der Waals surface area contributed by atoms with Crippen LogP contribution in [0.2, 0.25) is 5.28 Å². The maximum atomic E-state index is 12.1. The van der Waals surface area contributed by atoms with Crippen molar-refractivity contribution in [3.63, 3.8) is 0 Å². The molecule has 3 rings (SSSR count). The quantitative estimate of drug-likeness (QED) is 0.351. The zero-order chi connectivity index (χ0) is 22.2. The lowest BCUT2D eigenvalue weighted by atomic mass is 10.1. The fraction of sp³-hybridized carbons (Fsp3) is 0.500. The molecule has 1 fully saturated rings. The minimum Gasteiger partial charge on any atom is -0.463 e. The molecule has 0 unspecified atom stereocenters. The number of hydrogen-bond donors (Lipinski definition) is 2. The second-order valence-corrected chi connectivity index (χ2v) is 6.73. The van der Waals surface area contributed by atoms with Crippen molar-refractivity contribution in [2.45, 2.75) is 45.3 Å². The molecule has 0 saturated carbocycles. The highest BCUT2D eigenvalue weighted by Crippen LogP contribution is 2.37. The molecule has 0 bridgehead atoms. The number of carbonyl (C=O) groups is 3. The number of anilines is 1. The van der Waals surface area contributed by atoms with Gasteiger partial charge in [-0.3, -0.25) is 28.7 Å². The van der Waals surface area contributed by atoms with Gasteiger partial charge in [-0.1, -0.05) is 0 Å². The van der Waals surface area contributed by atoms with E-state index in [1.54, 1.807) is 0 Å². The predicted octanol–water partition coefficient (Wildman–Crippen LogP) is -0.321. The van der Waals surface area contributed by atoms with Crippen molar-refractivity contribution in [3.8, 4) is 0 Å². The summed E-state index contributed by atoms with van der Waals surface area (Å²) < 4.78 is 22.6. The van der Waals surface area contributed by atoms with E-state index in [0.717, 1.165) is 13.8 Å². The Kier molecular flexibility index (Phi) is 5.94. The number of imidazole rings is 1. The maximum absolute atomic E-state index is 12.1. The third-order valence-electron chi connectivity index (χ3n) is 4.12. The van der Waals surface area contributed by atoms with Gasteiger partial charge >= 0.3 is 17.9 Å². The Balaban J connectivity index is 2.11. The third kappa shape index (κ3) is 4.21. The van der Waals surface area contributed by atoms with E-state index in [1.165, 1.54) is 11.5 Å². The standard InChI is InChI=1S/C16H18ClN5O8/c1-5(23)27-4-8-10(28-6(2)24)11(29-7(3)25)14(30-8)22-12-9(19-15(22)17)13(26)21-16(18)20-12/h8,10-11,14H,4H2,1-3H3,(H3,18,20,21,26)/t8-,10-,11-,14-/m1/s1. The molecule has 0 aromatic carbocycles. The van der Waals surface area contributed by atoms with Crippen LogP contribution in [-0.2, 0) is 33.3 Å². The number of carbonyl (C=O) groups excluding carboxylic acids is 3. The van der Waals surface area contributed by atoms with Gasteiger partial charge in [0.2, 0.25) is 11.2 Å². The molecule has 0 radical (unpaired) electrons. The molecule has 3 heterocycles. The van der Waals surface area contributed by atoms with Crippen LogP contribution >= 0.6 is 11.6 Å². The summed E-state index contributed by atoms with van der Waals surface area (Å²) >= 11 is 6.21. The first kappa shape index (κ1) is 21.5. The van der Waals surface area contributed by atoms with Gasteiger partial charge in [0.05, 0.1) is 0 Å². The van der Waals surface area contributed by atoms with Crippen molar-refractivity contribution >= 4 is 46.6 Å². The Morgan fingerprint density at radius 3 is 2.37 bits per heavy atom. The molecule has 1 saturated heterocycles. The molecular weight excluding hydrogens is 426 g/mol. The molecule has 2 aromatic rings. The molecule has 0 aliphatic carbocycles. The number of nitrogen functional groups attached to an aromatic ring is 1. The molecular formula is C16H18ClN5O8. The van der Waals surface area contributed by atoms with Crippen LogP contribution in [0.4, 0.5) is 5.95 Å². The maximum Gasteiger partial charge on any atom is 0.303 e. The van der Waals surface area contributed by atoms with Gasteiger partial charge in [-0.25, -0.2) is 4.98 Å². The van der Waals surface area contributed by atoms with Crippen molar-refractivity contribution < 1.29 is 33.3 Å². The second-order valence-electron chi connectivity index (χ2n) is 6.39. The summed E-state index contributed by atoms with van der Waals surface area (Å²) in [4.78, 5) is 57.0. The topological polar surface area (TPSA) is 178 Å². The Bertz CT molecular complexity index is 1070. The van der Waals surface area contributed by atoms with Gasteiger partial charge in [0.15, 0.2) is 29.6 Å². The number of esters is 3. The minimum absolute atomic E-state index is 0.0434. The van der Waals surface area contributed by atoms with E-state index >= 15 is 0 Å². The molecule has 30 heavy (non-hydrogen) atoms. The highest BCUT2D eigenvalue weighted by molar-refractivity contribution is 6.29. The minimum atomic E-state index is -1.22. The fourth-order valence-electron chi connectivity index (χ4n) is 3.10. The van der Waals surface area contributed by atoms with E-state index in [0.29, 0.717) is 0 Å². The Hall–Kier alpha value is -3.19. The summed E-state index contributed by atoms with van der Waals surface area (Å²) in [7, 11) is 0. The fourth-order valence-corrected chi connectivity index (χ4v) is 3.36. The van der Waals surface area contributed by atoms with Crippen molar-refractivity contribution in [3.05, 3.63) is 15.6 Å². The number of rotatable bonds is 5. The number of hydrogen-bond acceptors (Lipinski definition) is 11. The van der Waals surface area contributed by atoms with Gasteiger partial charge < -0.3 is 24.7 Å². The smallest absolute Gasteiger partial charge is 0.303 e. The van der Waals surface area contributed by atoms with Crippen molar-refractivity contribution in [2.24, 2.45) is 0 Å². The van der Waals surface area contributed by atoms with E-state index in [1.807, 2.05) is 0 Å². The summed E-state index contributed by atoms with van der Waals surface area (Å²) in [6.07, 6.45) is -4.60. The van der Waals surface area contributed by atoms with Crippen molar-refractivity contribution in [2.75, 3.05) is 12.3 Å². The number of aromatic nitrogens is 4. The zero-order valence-corrected chi connectivity index (χ0v) is 16.8. The summed E-state index contributed by atoms with van der Waals surface area (Å²) in [5, 5.41) is -0.217. The monoisotopic (exact) mass is 443 g/mol. The normalized spacial score (nSPS) is 23.3. The molecule has 14 heteroatoms. The molecule has 4 atom stereocenters. The van der Waals surface area contributed by atoms with Gasteiger partial charge in [0.25, 0.3) is 5.56 Å². The SMILES string of the molecule is CC(=O)OC[C@H]1O[C@@H](n2c(Cl)nc3c(=O)[nH]c(N)nc32)[C@H](OC(C)=O)[C@@H]1OC(C)=O. The second kappa shape index (κ2) is 8.28. The van der Waals surface area contributed by atoms with E-state index < -0.39 is 48.0 Å². The van der Waals surface area contributed by atoms with Crippen LogP contribution in [0, 0.1) is 0 Å². The van der Waals surface area contributed by atoms with Crippen molar-refractivity contribution in [1.82, 2.24) is 19.5 Å².